The Kier molecular flexibility index (Phi) is 5.55. The van der Waals surface area contributed by atoms with Gasteiger partial charge in [-0.3, -0.25) is 0 Å². The fourth-order valence-corrected chi connectivity index (χ4v) is 5.43. The molecule has 0 saturated heterocycles. The largest absolute Gasteiger partial charge is 0.415 e. The highest BCUT2D eigenvalue weighted by atomic mass is 32.2. The molecule has 0 radical (unpaired) electrons. The number of nitrogens with zero attached hydrogens (tertiary/aromatic N) is 7. The van der Waals surface area contributed by atoms with Crippen LogP contribution in [0.1, 0.15) is 41.7 Å². The second kappa shape index (κ2) is 8.55. The smallest absolute Gasteiger partial charge is 0.314 e. The number of benzene rings is 1. The van der Waals surface area contributed by atoms with Gasteiger partial charge in [-0.15, -0.1) is 10.2 Å². The maximum atomic E-state index is 13.6. The number of rotatable bonds is 6. The molecule has 0 bridgehead atoms. The molecule has 11 nitrogen and oxygen atoms in total. The van der Waals surface area contributed by atoms with Gasteiger partial charge >= 0.3 is 6.43 Å². The number of aliphatic hydroxyl groups is 1. The van der Waals surface area contributed by atoms with Gasteiger partial charge in [0.05, 0.1) is 4.90 Å². The van der Waals surface area contributed by atoms with Gasteiger partial charge in [-0.05, 0) is 29.8 Å². The van der Waals surface area contributed by atoms with Gasteiger partial charge in [0, 0.05) is 36.9 Å². The Hall–Kier alpha value is -3.75. The summed E-state index contributed by atoms with van der Waals surface area (Å²) < 4.78 is 58.7. The van der Waals surface area contributed by atoms with Gasteiger partial charge < -0.3 is 9.52 Å². The van der Waals surface area contributed by atoms with Crippen LogP contribution in [-0.2, 0) is 16.6 Å². The van der Waals surface area contributed by atoms with Crippen molar-refractivity contribution in [2.75, 3.05) is 0 Å². The Morgan fingerprint density at radius 3 is 2.24 bits per heavy atom. The summed E-state index contributed by atoms with van der Waals surface area (Å²) in [6.45, 7) is -0.100. The van der Waals surface area contributed by atoms with Gasteiger partial charge in [0.2, 0.25) is 15.9 Å². The molecule has 4 heterocycles. The van der Waals surface area contributed by atoms with E-state index in [9.17, 15) is 22.3 Å². The summed E-state index contributed by atoms with van der Waals surface area (Å²) >= 11 is 0. The molecule has 5 rings (SSSR count). The number of alkyl halides is 2. The number of hydrogen-bond donors (Lipinski definition) is 1. The highest BCUT2D eigenvalue weighted by Gasteiger charge is 2.45. The minimum absolute atomic E-state index is 0.00260. The Morgan fingerprint density at radius 2 is 1.62 bits per heavy atom. The van der Waals surface area contributed by atoms with E-state index in [0.717, 1.165) is 4.31 Å². The highest BCUT2D eigenvalue weighted by Crippen LogP contribution is 2.42. The van der Waals surface area contributed by atoms with Crippen molar-refractivity contribution in [3.05, 3.63) is 78.2 Å². The molecule has 0 aliphatic carbocycles. The normalized spacial score (nSPS) is 16.9. The van der Waals surface area contributed by atoms with Gasteiger partial charge in [-0.25, -0.2) is 28.4 Å². The summed E-state index contributed by atoms with van der Waals surface area (Å²) in [7, 11) is -4.19. The summed E-state index contributed by atoms with van der Waals surface area (Å²) in [5.74, 6) is -1.06. The molecule has 174 valence electrons. The maximum absolute atomic E-state index is 13.6. The molecule has 0 fully saturated rings. The molecule has 4 aromatic rings. The quantitative estimate of drug-likeness (QED) is 0.429. The average Bonchev–Trinajstić information content (AvgIpc) is 3.44. The standard InChI is InChI=1S/C20H15F2N7O4S/c21-16(22)20-28-27-19(33-20)11-3-4-12-10-29(34(31,32)13(12)9-11)14(17-23-5-1-6-24-17)15(30)18-25-7-2-8-26-18/h1-9,14-16,30H,10H2/t14-,15+/m0/s1. The summed E-state index contributed by atoms with van der Waals surface area (Å²) in [6, 6.07) is 6.16. The second-order valence-electron chi connectivity index (χ2n) is 7.22. The monoisotopic (exact) mass is 487 g/mol. The van der Waals surface area contributed by atoms with Crippen LogP contribution in [0.15, 0.2) is 64.4 Å². The van der Waals surface area contributed by atoms with E-state index in [1.807, 2.05) is 0 Å². The van der Waals surface area contributed by atoms with Crippen molar-refractivity contribution < 1.29 is 26.7 Å². The lowest BCUT2D eigenvalue weighted by atomic mass is 10.1. The topological polar surface area (TPSA) is 148 Å². The molecule has 2 atom stereocenters. The highest BCUT2D eigenvalue weighted by molar-refractivity contribution is 7.89. The van der Waals surface area contributed by atoms with Gasteiger partial charge in [-0.2, -0.15) is 13.1 Å². The number of halogens is 2. The third-order valence-electron chi connectivity index (χ3n) is 5.16. The minimum atomic E-state index is -4.19. The number of sulfonamides is 1. The first-order valence-electron chi connectivity index (χ1n) is 9.85. The summed E-state index contributed by atoms with van der Waals surface area (Å²) in [5, 5.41) is 17.9. The van der Waals surface area contributed by atoms with E-state index >= 15 is 0 Å². The Labute approximate surface area is 191 Å². The fraction of sp³-hybridized carbons (Fsp3) is 0.200. The van der Waals surface area contributed by atoms with Crippen molar-refractivity contribution in [1.82, 2.24) is 34.4 Å². The SMILES string of the molecule is O=S1(=O)c2cc(-c3nnc(C(F)F)o3)ccc2CN1[C@H](c1ncccn1)[C@@H](O)c1ncccn1. The number of fused-ring (bicyclic) bond motifs is 1. The molecule has 0 spiro atoms. The Balaban J connectivity index is 1.56. The van der Waals surface area contributed by atoms with E-state index in [4.69, 9.17) is 4.42 Å². The molecule has 1 aliphatic heterocycles. The van der Waals surface area contributed by atoms with Crippen molar-refractivity contribution in [2.45, 2.75) is 30.0 Å². The number of aliphatic hydroxyl groups excluding tert-OH is 1. The Morgan fingerprint density at radius 1 is 0.971 bits per heavy atom. The van der Waals surface area contributed by atoms with E-state index < -0.39 is 34.5 Å². The van der Waals surface area contributed by atoms with Gasteiger partial charge in [0.15, 0.2) is 5.82 Å². The van der Waals surface area contributed by atoms with Crippen molar-refractivity contribution in [2.24, 2.45) is 0 Å². The molecule has 1 N–H and O–H groups in total. The number of aromatic nitrogens is 6. The molecule has 0 saturated carbocycles. The van der Waals surface area contributed by atoms with Crippen LogP contribution in [0.25, 0.3) is 11.5 Å². The van der Waals surface area contributed by atoms with Crippen LogP contribution in [0.3, 0.4) is 0 Å². The first kappa shape index (κ1) is 22.1. The van der Waals surface area contributed by atoms with Gasteiger partial charge in [0.1, 0.15) is 18.0 Å². The molecule has 0 unspecified atom stereocenters. The summed E-state index contributed by atoms with van der Waals surface area (Å²) in [6.07, 6.45) is 1.27. The van der Waals surface area contributed by atoms with Crippen LogP contribution in [0, 0.1) is 0 Å². The molecular weight excluding hydrogens is 472 g/mol. The summed E-state index contributed by atoms with van der Waals surface area (Å²) in [5.41, 5.74) is 0.572. The molecule has 1 aliphatic rings. The molecule has 3 aromatic heterocycles. The lowest BCUT2D eigenvalue weighted by Gasteiger charge is -2.28. The van der Waals surface area contributed by atoms with Crippen LogP contribution in [0.4, 0.5) is 8.78 Å². The van der Waals surface area contributed by atoms with Crippen LogP contribution >= 0.6 is 0 Å². The Bertz CT molecular complexity index is 1420. The van der Waals surface area contributed by atoms with Crippen molar-refractivity contribution >= 4 is 10.0 Å². The van der Waals surface area contributed by atoms with E-state index in [-0.39, 0.29) is 34.5 Å². The zero-order chi connectivity index (χ0) is 23.9. The van der Waals surface area contributed by atoms with Crippen LogP contribution < -0.4 is 0 Å². The van der Waals surface area contributed by atoms with E-state index in [2.05, 4.69) is 30.1 Å². The van der Waals surface area contributed by atoms with Crippen LogP contribution in [-0.4, -0.2) is 48.0 Å². The summed E-state index contributed by atoms with van der Waals surface area (Å²) in [4.78, 5) is 16.3. The molecule has 1 aromatic carbocycles. The van der Waals surface area contributed by atoms with E-state index in [1.165, 1.54) is 43.0 Å². The lowest BCUT2D eigenvalue weighted by Crippen LogP contribution is -2.35. The predicted octanol–water partition coefficient (Wildman–Crippen LogP) is 2.23. The van der Waals surface area contributed by atoms with Crippen molar-refractivity contribution in [3.63, 3.8) is 0 Å². The predicted molar refractivity (Wildman–Crippen MR) is 109 cm³/mol. The first-order valence-corrected chi connectivity index (χ1v) is 11.3. The zero-order valence-electron chi connectivity index (χ0n) is 17.1. The average molecular weight is 487 g/mol. The molecule has 14 heteroatoms. The van der Waals surface area contributed by atoms with E-state index in [1.54, 1.807) is 12.1 Å². The molecule has 0 amide bonds. The van der Waals surface area contributed by atoms with Crippen molar-refractivity contribution in [3.8, 4) is 11.5 Å². The molecule has 34 heavy (non-hydrogen) atoms. The van der Waals surface area contributed by atoms with Crippen molar-refractivity contribution in [1.29, 1.82) is 0 Å². The maximum Gasteiger partial charge on any atom is 0.314 e. The zero-order valence-corrected chi connectivity index (χ0v) is 17.9. The number of hydrogen-bond acceptors (Lipinski definition) is 10. The first-order chi connectivity index (χ1) is 16.4. The van der Waals surface area contributed by atoms with Gasteiger partial charge in [0.25, 0.3) is 5.89 Å². The van der Waals surface area contributed by atoms with Crippen LogP contribution in [0.2, 0.25) is 0 Å². The van der Waals surface area contributed by atoms with Gasteiger partial charge in [-0.1, -0.05) is 6.07 Å². The van der Waals surface area contributed by atoms with E-state index in [0.29, 0.717) is 5.56 Å². The third-order valence-corrected chi connectivity index (χ3v) is 7.07. The third kappa shape index (κ3) is 3.81. The second-order valence-corrected chi connectivity index (χ2v) is 9.08. The fourth-order valence-electron chi connectivity index (χ4n) is 3.62. The minimum Gasteiger partial charge on any atom is -0.415 e. The molecular formula is C20H15F2N7O4S. The lowest BCUT2D eigenvalue weighted by molar-refractivity contribution is 0.0763. The van der Waals surface area contributed by atoms with Crippen LogP contribution in [0.5, 0.6) is 0 Å².